The van der Waals surface area contributed by atoms with E-state index < -0.39 is 0 Å². The molecule has 0 amide bonds. The number of aromatic nitrogens is 2. The number of hydrogen-bond acceptors (Lipinski definition) is 2. The van der Waals surface area contributed by atoms with E-state index in [2.05, 4.69) is 59.2 Å². The zero-order valence-electron chi connectivity index (χ0n) is 16.3. The van der Waals surface area contributed by atoms with Gasteiger partial charge in [-0.15, -0.1) is 12.4 Å². The van der Waals surface area contributed by atoms with Crippen LogP contribution in [-0.4, -0.2) is 16.2 Å². The van der Waals surface area contributed by atoms with Gasteiger partial charge in [-0.1, -0.05) is 66.7 Å². The van der Waals surface area contributed by atoms with Crippen molar-refractivity contribution in [2.45, 2.75) is 19.4 Å². The highest BCUT2D eigenvalue weighted by Crippen LogP contribution is 2.19. The number of ether oxygens (including phenoxy) is 1. The number of halogens is 1. The molecule has 1 heterocycles. The van der Waals surface area contributed by atoms with Crippen LogP contribution >= 0.6 is 12.4 Å². The Morgan fingerprint density at radius 1 is 0.759 bits per heavy atom. The third-order valence-electron chi connectivity index (χ3n) is 4.70. The summed E-state index contributed by atoms with van der Waals surface area (Å²) in [7, 11) is 0. The van der Waals surface area contributed by atoms with E-state index in [-0.39, 0.29) is 12.4 Å². The summed E-state index contributed by atoms with van der Waals surface area (Å²) in [6.07, 6.45) is 6.27. The molecule has 0 aliphatic carbocycles. The van der Waals surface area contributed by atoms with Crippen LogP contribution in [0.3, 0.4) is 0 Å². The Morgan fingerprint density at radius 2 is 1.45 bits per heavy atom. The van der Waals surface area contributed by atoms with Crippen molar-refractivity contribution >= 4 is 35.6 Å². The van der Waals surface area contributed by atoms with Gasteiger partial charge in [0.05, 0.1) is 17.6 Å². The molecule has 0 bridgehead atoms. The van der Waals surface area contributed by atoms with Gasteiger partial charge in [0.2, 0.25) is 0 Å². The van der Waals surface area contributed by atoms with Crippen LogP contribution in [0.25, 0.3) is 23.2 Å². The SMILES string of the molecule is C(=C\c1nc2ccccc2n1CCCCOc1ccccc1)/c1ccccc1.Cl. The van der Waals surface area contributed by atoms with Crippen molar-refractivity contribution in [2.75, 3.05) is 6.61 Å². The Balaban J connectivity index is 0.00000240. The predicted octanol–water partition coefficient (Wildman–Crippen LogP) is 6.49. The normalized spacial score (nSPS) is 10.9. The first-order chi connectivity index (χ1) is 13.9. The minimum absolute atomic E-state index is 0. The molecule has 1 aromatic heterocycles. The number of rotatable bonds is 8. The summed E-state index contributed by atoms with van der Waals surface area (Å²) in [4.78, 5) is 4.82. The van der Waals surface area contributed by atoms with Crippen LogP contribution in [0, 0.1) is 0 Å². The molecule has 0 saturated carbocycles. The molecular weight excluding hydrogens is 380 g/mol. The maximum absolute atomic E-state index is 5.81. The van der Waals surface area contributed by atoms with Gasteiger partial charge in [0.25, 0.3) is 0 Å². The molecule has 0 saturated heterocycles. The van der Waals surface area contributed by atoms with Crippen LogP contribution < -0.4 is 4.74 Å². The van der Waals surface area contributed by atoms with E-state index >= 15 is 0 Å². The zero-order valence-corrected chi connectivity index (χ0v) is 17.1. The van der Waals surface area contributed by atoms with E-state index in [0.717, 1.165) is 43.1 Å². The third-order valence-corrected chi connectivity index (χ3v) is 4.70. The molecule has 0 radical (unpaired) electrons. The molecule has 0 atom stereocenters. The number of benzene rings is 3. The van der Waals surface area contributed by atoms with E-state index in [9.17, 15) is 0 Å². The van der Waals surface area contributed by atoms with Crippen molar-refractivity contribution in [1.29, 1.82) is 0 Å². The maximum Gasteiger partial charge on any atom is 0.133 e. The monoisotopic (exact) mass is 404 g/mol. The lowest BCUT2D eigenvalue weighted by atomic mass is 10.2. The van der Waals surface area contributed by atoms with Gasteiger partial charge < -0.3 is 9.30 Å². The molecular formula is C25H25ClN2O. The van der Waals surface area contributed by atoms with Gasteiger partial charge in [-0.2, -0.15) is 0 Å². The lowest BCUT2D eigenvalue weighted by Gasteiger charge is -2.08. The number of para-hydroxylation sites is 3. The summed E-state index contributed by atoms with van der Waals surface area (Å²) < 4.78 is 8.11. The first-order valence-corrected chi connectivity index (χ1v) is 9.76. The first-order valence-electron chi connectivity index (χ1n) is 9.76. The van der Waals surface area contributed by atoms with Gasteiger partial charge in [0.15, 0.2) is 0 Å². The molecule has 0 fully saturated rings. The molecule has 0 aliphatic heterocycles. The Labute approximate surface area is 178 Å². The standard InChI is InChI=1S/C25H24N2O.ClH/c1-3-11-21(12-4-1)17-18-25-26-23-15-7-8-16-24(23)27(25)19-9-10-20-28-22-13-5-2-6-14-22;/h1-8,11-18H,9-10,19-20H2;1H/b18-17+;. The van der Waals surface area contributed by atoms with Gasteiger partial charge in [-0.25, -0.2) is 4.98 Å². The van der Waals surface area contributed by atoms with Crippen LogP contribution in [0.15, 0.2) is 84.9 Å². The third kappa shape index (κ3) is 5.49. The van der Waals surface area contributed by atoms with Crippen molar-refractivity contribution in [3.63, 3.8) is 0 Å². The Kier molecular flexibility index (Phi) is 7.48. The first kappa shape index (κ1) is 20.7. The van der Waals surface area contributed by atoms with Gasteiger partial charge in [-0.3, -0.25) is 0 Å². The fraction of sp³-hybridized carbons (Fsp3) is 0.160. The number of fused-ring (bicyclic) bond motifs is 1. The lowest BCUT2D eigenvalue weighted by Crippen LogP contribution is -2.04. The number of aryl methyl sites for hydroxylation is 1. The van der Waals surface area contributed by atoms with Crippen LogP contribution in [0.4, 0.5) is 0 Å². The summed E-state index contributed by atoms with van der Waals surface area (Å²) >= 11 is 0. The Hall–Kier alpha value is -3.04. The number of hydrogen-bond donors (Lipinski definition) is 0. The summed E-state index contributed by atoms with van der Waals surface area (Å²) in [5.74, 6) is 1.93. The molecule has 0 unspecified atom stereocenters. The van der Waals surface area contributed by atoms with E-state index in [1.807, 2.05) is 42.5 Å². The van der Waals surface area contributed by atoms with Crippen molar-refractivity contribution in [2.24, 2.45) is 0 Å². The maximum atomic E-state index is 5.81. The van der Waals surface area contributed by atoms with Gasteiger partial charge >= 0.3 is 0 Å². The minimum Gasteiger partial charge on any atom is -0.494 e. The van der Waals surface area contributed by atoms with Crippen LogP contribution in [0.2, 0.25) is 0 Å². The summed E-state index contributed by atoms with van der Waals surface area (Å²) in [6, 6.07) is 28.7. The fourth-order valence-electron chi connectivity index (χ4n) is 3.27. The Bertz CT molecular complexity index is 1040. The molecule has 148 valence electrons. The highest BCUT2D eigenvalue weighted by Gasteiger charge is 2.08. The summed E-state index contributed by atoms with van der Waals surface area (Å²) in [6.45, 7) is 1.65. The van der Waals surface area contributed by atoms with Gasteiger partial charge in [0.1, 0.15) is 11.6 Å². The van der Waals surface area contributed by atoms with Crippen LogP contribution in [-0.2, 0) is 6.54 Å². The largest absolute Gasteiger partial charge is 0.494 e. The highest BCUT2D eigenvalue weighted by molar-refractivity contribution is 5.85. The quantitative estimate of drug-likeness (QED) is 0.314. The number of unbranched alkanes of at least 4 members (excludes halogenated alkanes) is 1. The predicted molar refractivity (Wildman–Crippen MR) is 124 cm³/mol. The van der Waals surface area contributed by atoms with Gasteiger partial charge in [-0.05, 0) is 48.7 Å². The smallest absolute Gasteiger partial charge is 0.133 e. The van der Waals surface area contributed by atoms with E-state index in [0.29, 0.717) is 0 Å². The zero-order chi connectivity index (χ0) is 19.0. The van der Waals surface area contributed by atoms with E-state index in [4.69, 9.17) is 9.72 Å². The molecule has 3 aromatic carbocycles. The number of imidazole rings is 1. The van der Waals surface area contributed by atoms with Crippen LogP contribution in [0.1, 0.15) is 24.2 Å². The van der Waals surface area contributed by atoms with E-state index in [1.165, 1.54) is 11.1 Å². The fourth-order valence-corrected chi connectivity index (χ4v) is 3.27. The molecule has 0 aliphatic rings. The minimum atomic E-state index is 0. The van der Waals surface area contributed by atoms with Crippen molar-refractivity contribution in [3.8, 4) is 5.75 Å². The highest BCUT2D eigenvalue weighted by atomic mass is 35.5. The molecule has 4 aromatic rings. The number of nitrogens with zero attached hydrogens (tertiary/aromatic N) is 2. The molecule has 3 nitrogen and oxygen atoms in total. The molecule has 4 rings (SSSR count). The lowest BCUT2D eigenvalue weighted by molar-refractivity contribution is 0.303. The Morgan fingerprint density at radius 3 is 2.24 bits per heavy atom. The van der Waals surface area contributed by atoms with Crippen LogP contribution in [0.5, 0.6) is 5.75 Å². The van der Waals surface area contributed by atoms with E-state index in [1.54, 1.807) is 0 Å². The molecule has 0 spiro atoms. The summed E-state index contributed by atoms with van der Waals surface area (Å²) in [5, 5.41) is 0. The summed E-state index contributed by atoms with van der Waals surface area (Å²) in [5.41, 5.74) is 3.40. The second kappa shape index (κ2) is 10.5. The topological polar surface area (TPSA) is 27.1 Å². The second-order valence-electron chi connectivity index (χ2n) is 6.72. The van der Waals surface area contributed by atoms with Crippen molar-refractivity contribution in [1.82, 2.24) is 9.55 Å². The molecule has 0 N–H and O–H groups in total. The molecule has 29 heavy (non-hydrogen) atoms. The van der Waals surface area contributed by atoms with Crippen molar-refractivity contribution in [3.05, 3.63) is 96.3 Å². The second-order valence-corrected chi connectivity index (χ2v) is 6.72. The van der Waals surface area contributed by atoms with Gasteiger partial charge in [0, 0.05) is 6.54 Å². The average Bonchev–Trinajstić information content (AvgIpc) is 3.11. The average molecular weight is 405 g/mol. The van der Waals surface area contributed by atoms with Crippen molar-refractivity contribution < 1.29 is 4.74 Å². The molecule has 4 heteroatoms.